The van der Waals surface area contributed by atoms with Gasteiger partial charge in [0.25, 0.3) is 0 Å². The molecule has 8 nitrogen and oxygen atoms in total. The summed E-state index contributed by atoms with van der Waals surface area (Å²) in [4.78, 5) is 35.8. The van der Waals surface area contributed by atoms with E-state index >= 15 is 0 Å². The summed E-state index contributed by atoms with van der Waals surface area (Å²) < 4.78 is 0. The molecule has 8 aromatic rings. The standard InChI is InChI=1S/C36H18N8/c1-3-27-9-11-29-15-23(17-39-33(29)31(27)37-13-1)5-7-25-19-41-35(42-20-25)36-43-21-26(22-44-36)8-6-24-16-30-12-10-28-4-2-14-38-32(28)34(30)40-18-24/h1-4,9-22H. The first-order valence-corrected chi connectivity index (χ1v) is 13.7. The molecule has 0 amide bonds. The molecule has 0 spiro atoms. The molecule has 0 radical (unpaired) electrons. The second-order valence-corrected chi connectivity index (χ2v) is 9.96. The molecule has 0 unspecified atom stereocenters. The highest BCUT2D eigenvalue weighted by atomic mass is 15.0. The number of rotatable bonds is 1. The molecular weight excluding hydrogens is 544 g/mol. The van der Waals surface area contributed by atoms with Crippen LogP contribution in [-0.4, -0.2) is 39.9 Å². The van der Waals surface area contributed by atoms with Crippen molar-refractivity contribution in [3.05, 3.63) is 132 Å². The maximum atomic E-state index is 4.61. The van der Waals surface area contributed by atoms with E-state index in [4.69, 9.17) is 0 Å². The van der Waals surface area contributed by atoms with Crippen LogP contribution in [0, 0.1) is 23.7 Å². The molecule has 0 N–H and O–H groups in total. The second kappa shape index (κ2) is 10.6. The molecule has 0 saturated carbocycles. The van der Waals surface area contributed by atoms with Crippen LogP contribution in [-0.2, 0) is 0 Å². The summed E-state index contributed by atoms with van der Waals surface area (Å²) in [5, 5.41) is 4.09. The number of pyridine rings is 4. The zero-order valence-electron chi connectivity index (χ0n) is 23.0. The summed E-state index contributed by atoms with van der Waals surface area (Å²) in [5.74, 6) is 13.3. The number of aromatic nitrogens is 8. The Kier molecular flexibility index (Phi) is 6.07. The van der Waals surface area contributed by atoms with E-state index in [1.54, 1.807) is 49.6 Å². The minimum absolute atomic E-state index is 0.404. The lowest BCUT2D eigenvalue weighted by molar-refractivity contribution is 1.07. The van der Waals surface area contributed by atoms with E-state index in [-0.39, 0.29) is 0 Å². The number of hydrogen-bond acceptors (Lipinski definition) is 8. The highest BCUT2D eigenvalue weighted by Gasteiger charge is 2.06. The molecule has 0 fully saturated rings. The molecule has 202 valence electrons. The van der Waals surface area contributed by atoms with Gasteiger partial charge in [-0.3, -0.25) is 19.9 Å². The van der Waals surface area contributed by atoms with Crippen molar-refractivity contribution < 1.29 is 0 Å². The van der Waals surface area contributed by atoms with Crippen LogP contribution in [0.2, 0.25) is 0 Å². The van der Waals surface area contributed by atoms with Crippen molar-refractivity contribution in [1.82, 2.24) is 39.9 Å². The SMILES string of the molecule is C(#Cc1cnc2c(ccc3cccnc32)c1)c1cnc(-c2ncc(C#Cc3cnc4c(ccc5cccnc54)c3)cn2)nc1. The topological polar surface area (TPSA) is 103 Å². The third-order valence-electron chi connectivity index (χ3n) is 7.05. The van der Waals surface area contributed by atoms with Gasteiger partial charge in [-0.25, -0.2) is 19.9 Å². The van der Waals surface area contributed by atoms with Gasteiger partial charge in [0.1, 0.15) is 0 Å². The summed E-state index contributed by atoms with van der Waals surface area (Å²) in [7, 11) is 0. The van der Waals surface area contributed by atoms with Crippen LogP contribution in [0.25, 0.3) is 55.3 Å². The molecule has 8 rings (SSSR count). The summed E-state index contributed by atoms with van der Waals surface area (Å²) >= 11 is 0. The smallest absolute Gasteiger partial charge is 0.197 e. The van der Waals surface area contributed by atoms with Crippen molar-refractivity contribution in [3.63, 3.8) is 0 Å². The van der Waals surface area contributed by atoms with Crippen LogP contribution in [0.1, 0.15) is 22.3 Å². The first kappa shape index (κ1) is 25.1. The van der Waals surface area contributed by atoms with Gasteiger partial charge in [-0.1, -0.05) is 60.1 Å². The van der Waals surface area contributed by atoms with E-state index in [9.17, 15) is 0 Å². The average Bonchev–Trinajstić information content (AvgIpc) is 3.10. The summed E-state index contributed by atoms with van der Waals surface area (Å²) in [6.45, 7) is 0. The highest BCUT2D eigenvalue weighted by molar-refractivity contribution is 6.03. The van der Waals surface area contributed by atoms with Crippen molar-refractivity contribution >= 4 is 43.6 Å². The van der Waals surface area contributed by atoms with Crippen molar-refractivity contribution in [2.75, 3.05) is 0 Å². The Bertz CT molecular complexity index is 2320. The molecule has 6 heterocycles. The predicted molar refractivity (Wildman–Crippen MR) is 169 cm³/mol. The van der Waals surface area contributed by atoms with Crippen LogP contribution >= 0.6 is 0 Å². The Labute approximate surface area is 251 Å². The first-order valence-electron chi connectivity index (χ1n) is 13.7. The molecule has 0 aliphatic carbocycles. The molecule has 2 aromatic carbocycles. The lowest BCUT2D eigenvalue weighted by Crippen LogP contribution is -1.96. The average molecular weight is 563 g/mol. The second-order valence-electron chi connectivity index (χ2n) is 9.96. The number of fused-ring (bicyclic) bond motifs is 6. The highest BCUT2D eigenvalue weighted by Crippen LogP contribution is 2.23. The summed E-state index contributed by atoms with van der Waals surface area (Å²) in [6.07, 6.45) is 13.7. The predicted octanol–water partition coefficient (Wildman–Crippen LogP) is 5.93. The van der Waals surface area contributed by atoms with Crippen LogP contribution in [0.5, 0.6) is 0 Å². The van der Waals surface area contributed by atoms with E-state index in [0.29, 0.717) is 22.8 Å². The van der Waals surface area contributed by atoms with Crippen LogP contribution in [0.15, 0.2) is 110 Å². The summed E-state index contributed by atoms with van der Waals surface area (Å²) in [5.41, 5.74) is 6.40. The number of nitrogens with zero attached hydrogens (tertiary/aromatic N) is 8. The van der Waals surface area contributed by atoms with E-state index in [1.807, 2.05) is 60.7 Å². The van der Waals surface area contributed by atoms with Gasteiger partial charge in [0.2, 0.25) is 0 Å². The third-order valence-corrected chi connectivity index (χ3v) is 7.05. The van der Waals surface area contributed by atoms with E-state index < -0.39 is 0 Å². The lowest BCUT2D eigenvalue weighted by atomic mass is 10.1. The third kappa shape index (κ3) is 4.79. The fourth-order valence-electron chi connectivity index (χ4n) is 4.91. The van der Waals surface area contributed by atoms with E-state index in [1.165, 1.54) is 0 Å². The lowest BCUT2D eigenvalue weighted by Gasteiger charge is -2.02. The zero-order valence-corrected chi connectivity index (χ0v) is 23.0. The maximum Gasteiger partial charge on any atom is 0.197 e. The van der Waals surface area contributed by atoms with E-state index in [0.717, 1.165) is 54.7 Å². The zero-order chi connectivity index (χ0) is 29.3. The molecule has 8 heteroatoms. The van der Waals surface area contributed by atoms with Crippen LogP contribution < -0.4 is 0 Å². The van der Waals surface area contributed by atoms with Gasteiger partial charge in [-0.2, -0.15) is 0 Å². The van der Waals surface area contributed by atoms with E-state index in [2.05, 4.69) is 63.6 Å². The number of benzene rings is 2. The largest absolute Gasteiger partial charge is 0.254 e. The van der Waals surface area contributed by atoms with Crippen molar-refractivity contribution in [2.24, 2.45) is 0 Å². The molecule has 0 atom stereocenters. The summed E-state index contributed by atoms with van der Waals surface area (Å²) in [6, 6.07) is 20.1. The molecule has 0 saturated heterocycles. The molecular formula is C36H18N8. The van der Waals surface area contributed by atoms with Crippen molar-refractivity contribution in [2.45, 2.75) is 0 Å². The fourth-order valence-corrected chi connectivity index (χ4v) is 4.91. The van der Waals surface area contributed by atoms with Gasteiger partial charge in [0.05, 0.1) is 33.2 Å². The van der Waals surface area contributed by atoms with Gasteiger partial charge >= 0.3 is 0 Å². The Balaban J connectivity index is 0.979. The molecule has 0 aliphatic rings. The quantitative estimate of drug-likeness (QED) is 0.179. The Hall–Kier alpha value is -6.64. The Morgan fingerprint density at radius 2 is 0.705 bits per heavy atom. The molecule has 0 bridgehead atoms. The minimum atomic E-state index is 0.404. The van der Waals surface area contributed by atoms with Gasteiger partial charge in [-0.05, 0) is 24.3 Å². The van der Waals surface area contributed by atoms with Crippen molar-refractivity contribution in [3.8, 4) is 35.3 Å². The van der Waals surface area contributed by atoms with Gasteiger partial charge in [0, 0.05) is 82.2 Å². The molecule has 44 heavy (non-hydrogen) atoms. The molecule has 0 aliphatic heterocycles. The minimum Gasteiger partial charge on any atom is -0.254 e. The fraction of sp³-hybridized carbons (Fsp3) is 0. The number of hydrogen-bond donors (Lipinski definition) is 0. The van der Waals surface area contributed by atoms with Gasteiger partial charge in [-0.15, -0.1) is 0 Å². The molecule has 6 aromatic heterocycles. The first-order chi connectivity index (χ1) is 21.8. The van der Waals surface area contributed by atoms with Crippen LogP contribution in [0.4, 0.5) is 0 Å². The normalized spacial score (nSPS) is 10.8. The Morgan fingerprint density at radius 3 is 1.16 bits per heavy atom. The van der Waals surface area contributed by atoms with Crippen LogP contribution in [0.3, 0.4) is 0 Å². The van der Waals surface area contributed by atoms with Crippen molar-refractivity contribution in [1.29, 1.82) is 0 Å². The van der Waals surface area contributed by atoms with Gasteiger partial charge < -0.3 is 0 Å². The van der Waals surface area contributed by atoms with Gasteiger partial charge in [0.15, 0.2) is 11.6 Å². The Morgan fingerprint density at radius 1 is 0.341 bits per heavy atom. The maximum absolute atomic E-state index is 4.61. The monoisotopic (exact) mass is 562 g/mol.